The van der Waals surface area contributed by atoms with E-state index in [9.17, 15) is 0 Å². The SMILES string of the molecule is Cc1onc(-c2ccc(Cl)cc2Cl)c1-c1csc(Nc2c(Cl)cccc2Cl)n1. The summed E-state index contributed by atoms with van der Waals surface area (Å²) < 4.78 is 5.42. The first-order valence-corrected chi connectivity index (χ1v) is 10.4. The van der Waals surface area contributed by atoms with Crippen molar-refractivity contribution in [2.75, 3.05) is 5.32 Å². The maximum absolute atomic E-state index is 6.35. The van der Waals surface area contributed by atoms with E-state index in [0.717, 1.165) is 11.1 Å². The van der Waals surface area contributed by atoms with Crippen molar-refractivity contribution in [3.05, 3.63) is 67.6 Å². The summed E-state index contributed by atoms with van der Waals surface area (Å²) in [5, 5.41) is 11.9. The van der Waals surface area contributed by atoms with Crippen LogP contribution in [0.5, 0.6) is 0 Å². The molecule has 0 aliphatic heterocycles. The molecule has 2 heterocycles. The van der Waals surface area contributed by atoms with Crippen LogP contribution in [0.4, 0.5) is 10.8 Å². The molecule has 4 nitrogen and oxygen atoms in total. The molecule has 0 amide bonds. The van der Waals surface area contributed by atoms with Crippen molar-refractivity contribution in [2.24, 2.45) is 0 Å². The molecule has 4 rings (SSSR count). The van der Waals surface area contributed by atoms with Crippen LogP contribution in [-0.2, 0) is 0 Å². The highest BCUT2D eigenvalue weighted by molar-refractivity contribution is 7.14. The van der Waals surface area contributed by atoms with Crippen molar-refractivity contribution in [1.29, 1.82) is 0 Å². The predicted octanol–water partition coefficient (Wildman–Crippen LogP) is 8.13. The molecule has 0 unspecified atom stereocenters. The van der Waals surface area contributed by atoms with Crippen molar-refractivity contribution in [1.82, 2.24) is 10.1 Å². The van der Waals surface area contributed by atoms with Gasteiger partial charge in [0, 0.05) is 16.0 Å². The van der Waals surface area contributed by atoms with Crippen molar-refractivity contribution in [3.8, 4) is 22.5 Å². The first-order valence-electron chi connectivity index (χ1n) is 8.02. The van der Waals surface area contributed by atoms with Crippen molar-refractivity contribution in [3.63, 3.8) is 0 Å². The van der Waals surface area contributed by atoms with Gasteiger partial charge in [-0.2, -0.15) is 0 Å². The molecule has 0 radical (unpaired) electrons. The molecule has 0 spiro atoms. The Hall–Kier alpha value is -1.76. The predicted molar refractivity (Wildman–Crippen MR) is 118 cm³/mol. The molecular formula is C19H11Cl4N3OS. The minimum absolute atomic E-state index is 0.485. The molecule has 4 aromatic rings. The third-order valence-electron chi connectivity index (χ3n) is 4.00. The Labute approximate surface area is 185 Å². The lowest BCUT2D eigenvalue weighted by molar-refractivity contribution is 0.400. The number of aryl methyl sites for hydroxylation is 1. The van der Waals surface area contributed by atoms with Crippen LogP contribution in [0.15, 0.2) is 46.3 Å². The molecule has 1 N–H and O–H groups in total. The smallest absolute Gasteiger partial charge is 0.187 e. The van der Waals surface area contributed by atoms with Crippen molar-refractivity contribution < 1.29 is 4.52 Å². The van der Waals surface area contributed by atoms with E-state index in [4.69, 9.17) is 50.9 Å². The Balaban J connectivity index is 1.73. The van der Waals surface area contributed by atoms with Crippen LogP contribution in [0.3, 0.4) is 0 Å². The zero-order valence-electron chi connectivity index (χ0n) is 14.3. The quantitative estimate of drug-likeness (QED) is 0.327. The maximum atomic E-state index is 6.35. The van der Waals surface area contributed by atoms with E-state index in [1.54, 1.807) is 36.4 Å². The number of aromatic nitrogens is 2. The second-order valence-electron chi connectivity index (χ2n) is 5.85. The number of anilines is 2. The summed E-state index contributed by atoms with van der Waals surface area (Å²) in [6.45, 7) is 1.83. The number of nitrogens with one attached hydrogen (secondary N) is 1. The van der Waals surface area contributed by atoms with Crippen molar-refractivity contribution in [2.45, 2.75) is 6.92 Å². The molecule has 0 bridgehead atoms. The van der Waals surface area contributed by atoms with E-state index in [0.29, 0.717) is 48.1 Å². The summed E-state index contributed by atoms with van der Waals surface area (Å²) in [7, 11) is 0. The molecule has 0 atom stereocenters. The second kappa shape index (κ2) is 7.93. The monoisotopic (exact) mass is 469 g/mol. The van der Waals surface area contributed by atoms with Gasteiger partial charge >= 0.3 is 0 Å². The van der Waals surface area contributed by atoms with Crippen LogP contribution in [0.2, 0.25) is 20.1 Å². The van der Waals surface area contributed by atoms with Gasteiger partial charge in [-0.3, -0.25) is 0 Å². The van der Waals surface area contributed by atoms with Crippen molar-refractivity contribution >= 4 is 68.6 Å². The maximum Gasteiger partial charge on any atom is 0.187 e. The van der Waals surface area contributed by atoms with Gasteiger partial charge < -0.3 is 9.84 Å². The van der Waals surface area contributed by atoms with Crippen LogP contribution in [0, 0.1) is 6.92 Å². The number of nitrogens with zero attached hydrogens (tertiary/aromatic N) is 2. The van der Waals surface area contributed by atoms with E-state index in [-0.39, 0.29) is 0 Å². The van der Waals surface area contributed by atoms with E-state index in [2.05, 4.69) is 15.5 Å². The van der Waals surface area contributed by atoms with Crippen LogP contribution < -0.4 is 5.32 Å². The number of hydrogen-bond acceptors (Lipinski definition) is 5. The third-order valence-corrected chi connectivity index (χ3v) is 5.94. The summed E-state index contributed by atoms with van der Waals surface area (Å²) in [6, 6.07) is 10.5. The molecular weight excluding hydrogens is 460 g/mol. The fourth-order valence-electron chi connectivity index (χ4n) is 2.71. The second-order valence-corrected chi connectivity index (χ2v) is 8.36. The van der Waals surface area contributed by atoms with Gasteiger partial charge in [0.15, 0.2) is 5.13 Å². The summed E-state index contributed by atoms with van der Waals surface area (Å²) in [5.74, 6) is 0.633. The van der Waals surface area contributed by atoms with Gasteiger partial charge in [0.1, 0.15) is 11.5 Å². The Kier molecular flexibility index (Phi) is 5.54. The van der Waals surface area contributed by atoms with E-state index in [1.807, 2.05) is 12.3 Å². The zero-order chi connectivity index (χ0) is 19.8. The first-order chi connectivity index (χ1) is 13.4. The minimum Gasteiger partial charge on any atom is -0.360 e. The molecule has 142 valence electrons. The van der Waals surface area contributed by atoms with E-state index in [1.165, 1.54) is 11.3 Å². The van der Waals surface area contributed by atoms with Crippen LogP contribution in [-0.4, -0.2) is 10.1 Å². The normalized spacial score (nSPS) is 11.0. The fraction of sp³-hybridized carbons (Fsp3) is 0.0526. The van der Waals surface area contributed by atoms with E-state index < -0.39 is 0 Å². The number of thiazole rings is 1. The molecule has 0 saturated carbocycles. The van der Waals surface area contributed by atoms with Gasteiger partial charge in [0.2, 0.25) is 0 Å². The van der Waals surface area contributed by atoms with Crippen LogP contribution in [0.1, 0.15) is 5.76 Å². The summed E-state index contributed by atoms with van der Waals surface area (Å²) in [5.41, 5.74) is 3.39. The number of hydrogen-bond donors (Lipinski definition) is 1. The number of para-hydroxylation sites is 1. The summed E-state index contributed by atoms with van der Waals surface area (Å²) in [6.07, 6.45) is 0. The van der Waals surface area contributed by atoms with Gasteiger partial charge in [-0.25, -0.2) is 4.98 Å². The highest BCUT2D eigenvalue weighted by Crippen LogP contribution is 2.40. The van der Waals surface area contributed by atoms with Crippen LogP contribution >= 0.6 is 57.7 Å². The van der Waals surface area contributed by atoms with Gasteiger partial charge in [0.05, 0.1) is 32.0 Å². The zero-order valence-corrected chi connectivity index (χ0v) is 18.1. The Morgan fingerprint density at radius 1 is 1.00 bits per heavy atom. The Morgan fingerprint density at radius 3 is 2.46 bits per heavy atom. The number of halogens is 4. The van der Waals surface area contributed by atoms with Gasteiger partial charge in [-0.1, -0.05) is 57.6 Å². The molecule has 0 fully saturated rings. The lowest BCUT2D eigenvalue weighted by atomic mass is 10.0. The van der Waals surface area contributed by atoms with Gasteiger partial charge in [0.25, 0.3) is 0 Å². The molecule has 0 aliphatic carbocycles. The highest BCUT2D eigenvalue weighted by Gasteiger charge is 2.21. The van der Waals surface area contributed by atoms with E-state index >= 15 is 0 Å². The highest BCUT2D eigenvalue weighted by atomic mass is 35.5. The number of rotatable bonds is 4. The Morgan fingerprint density at radius 2 is 1.75 bits per heavy atom. The fourth-order valence-corrected chi connectivity index (χ4v) is 4.41. The molecule has 9 heteroatoms. The molecule has 2 aromatic carbocycles. The lowest BCUT2D eigenvalue weighted by Gasteiger charge is -2.07. The molecule has 2 aromatic heterocycles. The molecule has 28 heavy (non-hydrogen) atoms. The van der Waals surface area contributed by atoms with Crippen LogP contribution in [0.25, 0.3) is 22.5 Å². The number of benzene rings is 2. The average molecular weight is 471 g/mol. The lowest BCUT2D eigenvalue weighted by Crippen LogP contribution is -1.92. The van der Waals surface area contributed by atoms with Gasteiger partial charge in [-0.05, 0) is 37.3 Å². The Bertz CT molecular complexity index is 1150. The standard InChI is InChI=1S/C19H11Cl4N3OS/c1-9-16(17(26-27-9)11-6-5-10(20)7-14(11)23)15-8-28-19(24-15)25-18-12(21)3-2-4-13(18)22/h2-8H,1H3,(H,24,25). The summed E-state index contributed by atoms with van der Waals surface area (Å²) >= 11 is 26.2. The summed E-state index contributed by atoms with van der Waals surface area (Å²) in [4.78, 5) is 4.65. The minimum atomic E-state index is 0.485. The topological polar surface area (TPSA) is 51.0 Å². The first kappa shape index (κ1) is 19.6. The molecule has 0 aliphatic rings. The van der Waals surface area contributed by atoms with Gasteiger partial charge in [-0.15, -0.1) is 11.3 Å². The third kappa shape index (κ3) is 3.73. The average Bonchev–Trinajstić information content (AvgIpc) is 3.25. The largest absolute Gasteiger partial charge is 0.360 e. The molecule has 0 saturated heterocycles.